The highest BCUT2D eigenvalue weighted by Gasteiger charge is 2.14. The Morgan fingerprint density at radius 3 is 2.96 bits per heavy atom. The van der Waals surface area contributed by atoms with Crippen molar-refractivity contribution in [1.82, 2.24) is 15.1 Å². The number of amides is 1. The van der Waals surface area contributed by atoms with Gasteiger partial charge in [-0.3, -0.25) is 10.1 Å². The third-order valence-corrected chi connectivity index (χ3v) is 4.29. The number of para-hydroxylation sites is 1. The van der Waals surface area contributed by atoms with Crippen LogP contribution in [0.4, 0.5) is 5.13 Å². The van der Waals surface area contributed by atoms with E-state index < -0.39 is 0 Å². The van der Waals surface area contributed by atoms with Gasteiger partial charge in [0, 0.05) is 24.1 Å². The van der Waals surface area contributed by atoms with Crippen LogP contribution in [0.2, 0.25) is 0 Å². The fourth-order valence-electron chi connectivity index (χ4n) is 2.14. The summed E-state index contributed by atoms with van der Waals surface area (Å²) in [5.74, 6) is 0.486. The number of hydrogen-bond donors (Lipinski definition) is 1. The van der Waals surface area contributed by atoms with Gasteiger partial charge in [0.1, 0.15) is 10.8 Å². The van der Waals surface area contributed by atoms with E-state index in [1.165, 1.54) is 17.6 Å². The van der Waals surface area contributed by atoms with E-state index in [2.05, 4.69) is 20.4 Å². The predicted octanol–water partition coefficient (Wildman–Crippen LogP) is 2.57. The first-order valence-corrected chi connectivity index (χ1v) is 8.36. The Hall–Kier alpha value is -2.51. The van der Waals surface area contributed by atoms with Crippen molar-refractivity contribution in [3.8, 4) is 5.75 Å². The second-order valence-corrected chi connectivity index (χ2v) is 6.63. The number of carbonyl (C=O) groups is 1. The molecule has 2 aromatic rings. The van der Waals surface area contributed by atoms with Crippen LogP contribution in [0.1, 0.15) is 10.6 Å². The highest BCUT2D eigenvalue weighted by Crippen LogP contribution is 2.25. The zero-order valence-corrected chi connectivity index (χ0v) is 14.3. The number of nitrogens with one attached hydrogen (secondary N) is 1. The number of carbonyl (C=O) groups excluding carboxylic acids is 1. The lowest BCUT2D eigenvalue weighted by atomic mass is 10.1. The summed E-state index contributed by atoms with van der Waals surface area (Å²) in [4.78, 5) is 14.5. The topological polar surface area (TPSA) is 67.4 Å². The average molecular weight is 342 g/mol. The van der Waals surface area contributed by atoms with Gasteiger partial charge in [-0.1, -0.05) is 29.5 Å². The quantitative estimate of drug-likeness (QED) is 0.904. The Morgan fingerprint density at radius 2 is 2.12 bits per heavy atom. The molecule has 0 saturated carbocycles. The molecule has 1 aromatic heterocycles. The molecule has 2 heterocycles. The van der Waals surface area contributed by atoms with Gasteiger partial charge in [0.15, 0.2) is 0 Å². The van der Waals surface area contributed by atoms with E-state index in [9.17, 15) is 4.79 Å². The van der Waals surface area contributed by atoms with Gasteiger partial charge in [0.25, 0.3) is 5.91 Å². The highest BCUT2D eigenvalue weighted by atomic mass is 32.1. The van der Waals surface area contributed by atoms with E-state index in [1.54, 1.807) is 12.2 Å². The molecule has 1 aliphatic rings. The molecule has 0 atom stereocenters. The minimum atomic E-state index is -0.234. The fraction of sp³-hybridized carbons (Fsp3) is 0.235. The zero-order valence-electron chi connectivity index (χ0n) is 13.5. The van der Waals surface area contributed by atoms with Gasteiger partial charge in [-0.15, -0.1) is 10.2 Å². The van der Waals surface area contributed by atoms with Crippen LogP contribution >= 0.6 is 11.3 Å². The molecule has 1 aromatic carbocycles. The van der Waals surface area contributed by atoms with Crippen molar-refractivity contribution >= 4 is 28.5 Å². The molecule has 0 saturated heterocycles. The monoisotopic (exact) mass is 342 g/mol. The number of rotatable bonds is 5. The molecular weight excluding hydrogens is 324 g/mol. The first-order chi connectivity index (χ1) is 11.6. The number of aromatic nitrogens is 2. The molecule has 1 N–H and O–H groups in total. The zero-order chi connectivity index (χ0) is 16.9. The maximum Gasteiger partial charge on any atom is 0.257 e. The van der Waals surface area contributed by atoms with Gasteiger partial charge < -0.3 is 9.64 Å². The van der Waals surface area contributed by atoms with Crippen LogP contribution in [0.3, 0.4) is 0 Å². The number of ether oxygens (including phenoxy) is 1. The molecule has 0 aliphatic carbocycles. The van der Waals surface area contributed by atoms with Crippen molar-refractivity contribution in [3.05, 3.63) is 52.7 Å². The maximum atomic E-state index is 12.4. The largest absolute Gasteiger partial charge is 0.464 e. The third-order valence-electron chi connectivity index (χ3n) is 3.40. The normalized spacial score (nSPS) is 13.0. The van der Waals surface area contributed by atoms with Crippen LogP contribution in [0, 0.1) is 0 Å². The molecule has 0 fully saturated rings. The second-order valence-electron chi connectivity index (χ2n) is 5.57. The molecule has 0 spiro atoms. The molecule has 1 amide bonds. The molecule has 3 rings (SSSR count). The fourth-order valence-corrected chi connectivity index (χ4v) is 2.86. The van der Waals surface area contributed by atoms with Crippen molar-refractivity contribution in [2.45, 2.75) is 6.42 Å². The molecule has 6 nitrogen and oxygen atoms in total. The second kappa shape index (κ2) is 7.37. The van der Waals surface area contributed by atoms with Gasteiger partial charge in [-0.05, 0) is 32.3 Å². The summed E-state index contributed by atoms with van der Waals surface area (Å²) in [6.45, 7) is 0.893. The first kappa shape index (κ1) is 16.4. The van der Waals surface area contributed by atoms with Gasteiger partial charge in [0.2, 0.25) is 5.13 Å². The lowest BCUT2D eigenvalue weighted by Crippen LogP contribution is -2.14. The molecule has 124 valence electrons. The van der Waals surface area contributed by atoms with Crippen molar-refractivity contribution in [2.75, 3.05) is 26.0 Å². The van der Waals surface area contributed by atoms with Crippen LogP contribution in [-0.2, 0) is 11.2 Å². The highest BCUT2D eigenvalue weighted by molar-refractivity contribution is 7.15. The number of anilines is 1. The third kappa shape index (κ3) is 4.06. The number of hydrogen-bond acceptors (Lipinski definition) is 6. The van der Waals surface area contributed by atoms with E-state index in [0.29, 0.717) is 10.7 Å². The van der Waals surface area contributed by atoms with E-state index in [1.807, 2.05) is 38.4 Å². The molecule has 24 heavy (non-hydrogen) atoms. The first-order valence-electron chi connectivity index (χ1n) is 7.54. The van der Waals surface area contributed by atoms with Gasteiger partial charge in [-0.2, -0.15) is 0 Å². The number of likely N-dealkylation sites (N-methyl/N-ethyl adjacent to an activating group) is 1. The van der Waals surface area contributed by atoms with Crippen molar-refractivity contribution in [2.24, 2.45) is 0 Å². The molecular formula is C17H18N4O2S. The lowest BCUT2D eigenvalue weighted by Gasteiger charge is -2.05. The lowest BCUT2D eigenvalue weighted by molar-refractivity contribution is -0.112. The standard InChI is InChI=1S/C17H18N4O2S/c1-21(2)9-7-15-19-20-17(24-15)18-16(22)13-8-10-23-14-6-4-3-5-12(14)11-13/h3-6,8,10-11H,7,9H2,1-2H3,(H,18,20,22). The molecule has 0 bridgehead atoms. The summed E-state index contributed by atoms with van der Waals surface area (Å²) in [6, 6.07) is 7.56. The van der Waals surface area contributed by atoms with Crippen LogP contribution < -0.4 is 10.1 Å². The summed E-state index contributed by atoms with van der Waals surface area (Å²) in [7, 11) is 4.02. The molecule has 0 unspecified atom stereocenters. The minimum Gasteiger partial charge on any atom is -0.464 e. The van der Waals surface area contributed by atoms with Crippen LogP contribution in [-0.4, -0.2) is 41.6 Å². The Kier molecular flexibility index (Phi) is 5.02. The maximum absolute atomic E-state index is 12.4. The van der Waals surface area contributed by atoms with Gasteiger partial charge >= 0.3 is 0 Å². The summed E-state index contributed by atoms with van der Waals surface area (Å²) in [5, 5.41) is 12.3. The molecule has 7 heteroatoms. The van der Waals surface area contributed by atoms with Crippen molar-refractivity contribution in [1.29, 1.82) is 0 Å². The summed E-state index contributed by atoms with van der Waals surface area (Å²) < 4.78 is 5.49. The van der Waals surface area contributed by atoms with Crippen LogP contribution in [0.15, 0.2) is 42.2 Å². The summed E-state index contributed by atoms with van der Waals surface area (Å²) in [6.07, 6.45) is 5.76. The van der Waals surface area contributed by atoms with E-state index >= 15 is 0 Å². The van der Waals surface area contributed by atoms with Crippen molar-refractivity contribution in [3.63, 3.8) is 0 Å². The number of nitrogens with zero attached hydrogens (tertiary/aromatic N) is 3. The summed E-state index contributed by atoms with van der Waals surface area (Å²) in [5.41, 5.74) is 1.36. The van der Waals surface area contributed by atoms with E-state index in [0.717, 1.165) is 29.3 Å². The van der Waals surface area contributed by atoms with Crippen LogP contribution in [0.25, 0.3) is 6.08 Å². The Labute approximate surface area is 144 Å². The smallest absolute Gasteiger partial charge is 0.257 e. The summed E-state index contributed by atoms with van der Waals surface area (Å²) >= 11 is 1.39. The number of fused-ring (bicyclic) bond motifs is 1. The Morgan fingerprint density at radius 1 is 1.29 bits per heavy atom. The molecule has 0 radical (unpaired) electrons. The predicted molar refractivity (Wildman–Crippen MR) is 95.0 cm³/mol. The van der Waals surface area contributed by atoms with Gasteiger partial charge in [-0.25, -0.2) is 0 Å². The van der Waals surface area contributed by atoms with Crippen molar-refractivity contribution < 1.29 is 9.53 Å². The number of benzene rings is 1. The van der Waals surface area contributed by atoms with Gasteiger partial charge in [0.05, 0.1) is 6.26 Å². The average Bonchev–Trinajstić information content (AvgIpc) is 2.89. The Bertz CT molecular complexity index is 795. The minimum absolute atomic E-state index is 0.234. The Balaban J connectivity index is 1.70. The van der Waals surface area contributed by atoms with E-state index in [4.69, 9.17) is 4.74 Å². The van der Waals surface area contributed by atoms with Crippen LogP contribution in [0.5, 0.6) is 5.75 Å². The van der Waals surface area contributed by atoms with E-state index in [-0.39, 0.29) is 5.91 Å². The SMILES string of the molecule is CN(C)CCc1nnc(NC(=O)C2=Cc3ccccc3OC=C2)s1. The molecule has 1 aliphatic heterocycles.